The summed E-state index contributed by atoms with van der Waals surface area (Å²) in [6.07, 6.45) is 10.2. The molecule has 1 saturated carbocycles. The van der Waals surface area contributed by atoms with Gasteiger partial charge in [0, 0.05) is 23.9 Å². The molecule has 4 nitrogen and oxygen atoms in total. The molecule has 0 saturated heterocycles. The first-order valence-corrected chi connectivity index (χ1v) is 5.63. The van der Waals surface area contributed by atoms with Crippen LogP contribution in [-0.2, 0) is 4.79 Å². The van der Waals surface area contributed by atoms with Crippen LogP contribution in [0, 0.1) is 5.92 Å². The number of carbonyl (C=O) groups excluding carboxylic acids is 1. The maximum Gasteiger partial charge on any atom is 0.225 e. The van der Waals surface area contributed by atoms with Gasteiger partial charge in [0.15, 0.2) is 6.17 Å². The predicted molar refractivity (Wildman–Crippen MR) is 62.4 cm³/mol. The number of hydrogen-bond acceptors (Lipinski definition) is 3. The van der Waals surface area contributed by atoms with Crippen molar-refractivity contribution in [1.82, 2.24) is 5.32 Å². The lowest BCUT2D eigenvalue weighted by Crippen LogP contribution is -2.45. The van der Waals surface area contributed by atoms with Gasteiger partial charge in [0.2, 0.25) is 5.91 Å². The second-order valence-electron chi connectivity index (χ2n) is 4.29. The van der Waals surface area contributed by atoms with Crippen molar-refractivity contribution in [2.24, 2.45) is 15.9 Å². The summed E-state index contributed by atoms with van der Waals surface area (Å²) in [7, 11) is 0. The lowest BCUT2D eigenvalue weighted by atomic mass is 9.84. The smallest absolute Gasteiger partial charge is 0.225 e. The lowest BCUT2D eigenvalue weighted by molar-refractivity contribution is -0.127. The average molecular weight is 215 g/mol. The molecule has 3 aliphatic rings. The van der Waals surface area contributed by atoms with E-state index in [2.05, 4.69) is 15.3 Å². The molecule has 0 aromatic carbocycles. The fourth-order valence-electron chi connectivity index (χ4n) is 2.04. The Morgan fingerprint density at radius 3 is 3.06 bits per heavy atom. The molecule has 1 atom stereocenters. The monoisotopic (exact) mass is 215 g/mol. The van der Waals surface area contributed by atoms with Crippen molar-refractivity contribution in [1.29, 1.82) is 0 Å². The summed E-state index contributed by atoms with van der Waals surface area (Å²) in [5.41, 5.74) is 1.91. The fraction of sp³-hybridized carbons (Fsp3) is 0.417. The van der Waals surface area contributed by atoms with E-state index in [1.807, 2.05) is 12.2 Å². The topological polar surface area (TPSA) is 53.8 Å². The van der Waals surface area contributed by atoms with Gasteiger partial charge in [0.05, 0.1) is 5.71 Å². The molecule has 1 N–H and O–H groups in total. The number of amides is 1. The van der Waals surface area contributed by atoms with Crippen LogP contribution in [0.2, 0.25) is 0 Å². The van der Waals surface area contributed by atoms with Gasteiger partial charge in [-0.05, 0) is 25.0 Å². The normalized spacial score (nSPS) is 26.9. The zero-order valence-corrected chi connectivity index (χ0v) is 8.89. The van der Waals surface area contributed by atoms with Gasteiger partial charge in [-0.15, -0.1) is 0 Å². The minimum absolute atomic E-state index is 0.115. The van der Waals surface area contributed by atoms with Crippen molar-refractivity contribution in [3.05, 3.63) is 23.9 Å². The molecule has 1 fully saturated rings. The molecule has 0 bridgehead atoms. The van der Waals surface area contributed by atoms with Gasteiger partial charge in [-0.25, -0.2) is 0 Å². The first-order valence-electron chi connectivity index (χ1n) is 5.63. The van der Waals surface area contributed by atoms with Crippen molar-refractivity contribution < 1.29 is 4.79 Å². The van der Waals surface area contributed by atoms with Crippen molar-refractivity contribution >= 4 is 17.8 Å². The van der Waals surface area contributed by atoms with Crippen LogP contribution in [0.4, 0.5) is 0 Å². The van der Waals surface area contributed by atoms with E-state index in [1.54, 1.807) is 12.4 Å². The summed E-state index contributed by atoms with van der Waals surface area (Å²) in [4.78, 5) is 20.3. The highest BCUT2D eigenvalue weighted by Gasteiger charge is 2.29. The Kier molecular flexibility index (Phi) is 2.20. The number of rotatable bonds is 2. The Morgan fingerprint density at radius 2 is 2.31 bits per heavy atom. The fourth-order valence-corrected chi connectivity index (χ4v) is 2.04. The second-order valence-corrected chi connectivity index (χ2v) is 4.29. The van der Waals surface area contributed by atoms with Gasteiger partial charge in [0.1, 0.15) is 0 Å². The van der Waals surface area contributed by atoms with Crippen LogP contribution >= 0.6 is 0 Å². The number of fused-ring (bicyclic) bond motifs is 1. The number of nitrogens with one attached hydrogen (secondary N) is 1. The van der Waals surface area contributed by atoms with E-state index >= 15 is 0 Å². The molecular weight excluding hydrogens is 202 g/mol. The summed E-state index contributed by atoms with van der Waals surface area (Å²) in [5, 5.41) is 2.94. The van der Waals surface area contributed by atoms with Crippen LogP contribution in [0.3, 0.4) is 0 Å². The molecule has 2 aliphatic heterocycles. The number of carbonyl (C=O) groups is 1. The van der Waals surface area contributed by atoms with Crippen molar-refractivity contribution in [2.45, 2.75) is 25.4 Å². The summed E-state index contributed by atoms with van der Waals surface area (Å²) in [5.74, 6) is 0.309. The summed E-state index contributed by atoms with van der Waals surface area (Å²) in [6, 6.07) is 0. The Balaban J connectivity index is 1.69. The minimum atomic E-state index is -0.289. The zero-order valence-electron chi connectivity index (χ0n) is 8.89. The third kappa shape index (κ3) is 1.50. The number of allylic oxidation sites excluding steroid dienone is 2. The Morgan fingerprint density at radius 1 is 1.44 bits per heavy atom. The van der Waals surface area contributed by atoms with Gasteiger partial charge in [-0.3, -0.25) is 14.8 Å². The minimum Gasteiger partial charge on any atom is -0.329 e. The van der Waals surface area contributed by atoms with Crippen LogP contribution < -0.4 is 5.32 Å². The third-order valence-electron chi connectivity index (χ3n) is 3.27. The van der Waals surface area contributed by atoms with Gasteiger partial charge in [-0.2, -0.15) is 0 Å². The SMILES string of the molecule is O=C(NC1N=CC=C2C=CN=C21)C1CCC1. The largest absolute Gasteiger partial charge is 0.329 e. The number of hydrogen-bond donors (Lipinski definition) is 1. The molecule has 0 aromatic rings. The maximum atomic E-state index is 11.8. The predicted octanol–water partition coefficient (Wildman–Crippen LogP) is 1.21. The van der Waals surface area contributed by atoms with Gasteiger partial charge in [0.25, 0.3) is 0 Å². The van der Waals surface area contributed by atoms with E-state index in [-0.39, 0.29) is 18.0 Å². The molecular formula is C12H13N3O. The number of nitrogens with zero attached hydrogens (tertiary/aromatic N) is 2. The number of aliphatic imine (C=N–C) groups is 2. The Bertz CT molecular complexity index is 441. The van der Waals surface area contributed by atoms with Crippen LogP contribution in [0.5, 0.6) is 0 Å². The molecule has 0 aromatic heterocycles. The molecule has 0 radical (unpaired) electrons. The van der Waals surface area contributed by atoms with Crippen LogP contribution in [0.15, 0.2) is 33.9 Å². The van der Waals surface area contributed by atoms with Crippen molar-refractivity contribution in [2.75, 3.05) is 0 Å². The van der Waals surface area contributed by atoms with Crippen LogP contribution in [-0.4, -0.2) is 24.0 Å². The molecule has 16 heavy (non-hydrogen) atoms. The zero-order chi connectivity index (χ0) is 11.0. The second kappa shape index (κ2) is 3.70. The van der Waals surface area contributed by atoms with Gasteiger partial charge in [-0.1, -0.05) is 6.42 Å². The van der Waals surface area contributed by atoms with E-state index in [0.717, 1.165) is 24.1 Å². The summed E-state index contributed by atoms with van der Waals surface area (Å²) < 4.78 is 0. The average Bonchev–Trinajstić information content (AvgIpc) is 2.63. The lowest BCUT2D eigenvalue weighted by Gasteiger charge is -2.27. The highest BCUT2D eigenvalue weighted by molar-refractivity contribution is 6.13. The Labute approximate surface area is 93.9 Å². The highest BCUT2D eigenvalue weighted by atomic mass is 16.2. The van der Waals surface area contributed by atoms with Crippen LogP contribution in [0.1, 0.15) is 19.3 Å². The van der Waals surface area contributed by atoms with Gasteiger partial charge < -0.3 is 5.32 Å². The molecule has 1 unspecified atom stereocenters. The van der Waals surface area contributed by atoms with Crippen molar-refractivity contribution in [3.8, 4) is 0 Å². The molecule has 1 amide bonds. The highest BCUT2D eigenvalue weighted by Crippen LogP contribution is 2.26. The van der Waals surface area contributed by atoms with E-state index < -0.39 is 0 Å². The quantitative estimate of drug-likeness (QED) is 0.739. The van der Waals surface area contributed by atoms with Crippen LogP contribution in [0.25, 0.3) is 0 Å². The first-order chi connectivity index (χ1) is 7.84. The Hall–Kier alpha value is -1.71. The molecule has 2 heterocycles. The van der Waals surface area contributed by atoms with E-state index in [0.29, 0.717) is 0 Å². The number of dihydropyridines is 1. The molecule has 3 rings (SSSR count). The van der Waals surface area contributed by atoms with Gasteiger partial charge >= 0.3 is 0 Å². The molecule has 0 spiro atoms. The van der Waals surface area contributed by atoms with E-state index in [9.17, 15) is 4.79 Å². The maximum absolute atomic E-state index is 11.8. The summed E-state index contributed by atoms with van der Waals surface area (Å²) in [6.45, 7) is 0. The first kappa shape index (κ1) is 9.51. The van der Waals surface area contributed by atoms with Crippen molar-refractivity contribution in [3.63, 3.8) is 0 Å². The standard InChI is InChI=1S/C12H13N3O/c16-12(9-2-1-3-9)15-11-10-8(4-6-13-10)5-7-14-11/h4-7,9,11H,1-3H2,(H,15,16). The molecule has 82 valence electrons. The summed E-state index contributed by atoms with van der Waals surface area (Å²) >= 11 is 0. The third-order valence-corrected chi connectivity index (χ3v) is 3.27. The van der Waals surface area contributed by atoms with E-state index in [1.165, 1.54) is 6.42 Å². The molecule has 1 aliphatic carbocycles. The van der Waals surface area contributed by atoms with E-state index in [4.69, 9.17) is 0 Å². The molecule has 4 heteroatoms.